The minimum Gasteiger partial charge on any atom is -0.350 e. The van der Waals surface area contributed by atoms with Crippen LogP contribution >= 0.6 is 0 Å². The number of aromatic nitrogens is 2. The van der Waals surface area contributed by atoms with E-state index in [2.05, 4.69) is 10.3 Å². The third-order valence-corrected chi connectivity index (χ3v) is 3.70. The fourth-order valence-corrected chi connectivity index (χ4v) is 2.53. The van der Waals surface area contributed by atoms with E-state index in [1.54, 1.807) is 19.3 Å². The Morgan fingerprint density at radius 3 is 2.83 bits per heavy atom. The molecule has 0 atom stereocenters. The van der Waals surface area contributed by atoms with Crippen LogP contribution in [0.4, 0.5) is 0 Å². The van der Waals surface area contributed by atoms with Gasteiger partial charge in [0.15, 0.2) is 0 Å². The van der Waals surface area contributed by atoms with Crippen molar-refractivity contribution in [2.45, 2.75) is 20.0 Å². The third-order valence-electron chi connectivity index (χ3n) is 3.70. The number of amides is 1. The van der Waals surface area contributed by atoms with Crippen LogP contribution in [0, 0.1) is 6.92 Å². The van der Waals surface area contributed by atoms with Crippen LogP contribution in [-0.4, -0.2) is 15.5 Å². The lowest BCUT2D eigenvalue weighted by molar-refractivity contribution is -0.121. The summed E-state index contributed by atoms with van der Waals surface area (Å²) in [5.41, 5.74) is 2.17. The van der Waals surface area contributed by atoms with Crippen molar-refractivity contribution in [1.82, 2.24) is 14.9 Å². The molecule has 0 saturated carbocycles. The number of para-hydroxylation sites is 1. The number of pyridine rings is 2. The lowest BCUT2D eigenvalue weighted by Crippen LogP contribution is -2.33. The van der Waals surface area contributed by atoms with Crippen LogP contribution in [0.25, 0.3) is 10.9 Å². The first-order valence-electron chi connectivity index (χ1n) is 7.40. The Labute approximate surface area is 133 Å². The fourth-order valence-electron chi connectivity index (χ4n) is 2.53. The average Bonchev–Trinajstić information content (AvgIpc) is 2.58. The van der Waals surface area contributed by atoms with E-state index in [-0.39, 0.29) is 18.0 Å². The van der Waals surface area contributed by atoms with E-state index in [4.69, 9.17) is 0 Å². The Kier molecular flexibility index (Phi) is 4.19. The summed E-state index contributed by atoms with van der Waals surface area (Å²) in [4.78, 5) is 28.6. The van der Waals surface area contributed by atoms with Crippen LogP contribution in [0.3, 0.4) is 0 Å². The largest absolute Gasteiger partial charge is 0.350 e. The summed E-state index contributed by atoms with van der Waals surface area (Å²) in [6.07, 6.45) is 3.39. The summed E-state index contributed by atoms with van der Waals surface area (Å²) in [5, 5.41) is 3.77. The van der Waals surface area contributed by atoms with Crippen molar-refractivity contribution in [3.63, 3.8) is 0 Å². The first kappa shape index (κ1) is 15.0. The van der Waals surface area contributed by atoms with Crippen LogP contribution in [0.5, 0.6) is 0 Å². The summed E-state index contributed by atoms with van der Waals surface area (Å²) in [6.45, 7) is 2.16. The topological polar surface area (TPSA) is 64.0 Å². The molecule has 5 nitrogen and oxygen atoms in total. The molecule has 0 aliphatic rings. The van der Waals surface area contributed by atoms with Crippen LogP contribution in [0.2, 0.25) is 0 Å². The molecule has 1 amide bonds. The number of hydrogen-bond acceptors (Lipinski definition) is 3. The fraction of sp³-hybridized carbons (Fsp3) is 0.167. The predicted octanol–water partition coefficient (Wildman–Crippen LogP) is 2.02. The zero-order valence-corrected chi connectivity index (χ0v) is 12.8. The first-order valence-corrected chi connectivity index (χ1v) is 7.40. The van der Waals surface area contributed by atoms with Gasteiger partial charge in [-0.3, -0.25) is 19.1 Å². The first-order chi connectivity index (χ1) is 11.1. The Bertz CT molecular complexity index is 901. The zero-order valence-electron chi connectivity index (χ0n) is 12.8. The predicted molar refractivity (Wildman–Crippen MR) is 89.0 cm³/mol. The molecular formula is C18H17N3O2. The molecule has 3 rings (SSSR count). The third kappa shape index (κ3) is 3.29. The minimum atomic E-state index is -0.202. The number of carbonyl (C=O) groups is 1. The standard InChI is InChI=1S/C18H17N3O2/c1-13-9-15-6-2-3-7-16(15)21(18(13)23)12-17(22)20-11-14-5-4-8-19-10-14/h2-10H,11-12H2,1H3,(H,20,22). The van der Waals surface area contributed by atoms with Gasteiger partial charge in [0.2, 0.25) is 5.91 Å². The van der Waals surface area contributed by atoms with E-state index in [0.29, 0.717) is 12.1 Å². The maximum Gasteiger partial charge on any atom is 0.254 e. The molecule has 0 unspecified atom stereocenters. The van der Waals surface area contributed by atoms with Crippen molar-refractivity contribution >= 4 is 16.8 Å². The maximum atomic E-state index is 12.4. The second kappa shape index (κ2) is 6.44. The van der Waals surface area contributed by atoms with Crippen LogP contribution < -0.4 is 10.9 Å². The average molecular weight is 307 g/mol. The van der Waals surface area contributed by atoms with Gasteiger partial charge in [-0.2, -0.15) is 0 Å². The second-order valence-electron chi connectivity index (χ2n) is 5.42. The van der Waals surface area contributed by atoms with Crippen molar-refractivity contribution in [2.75, 3.05) is 0 Å². The quantitative estimate of drug-likeness (QED) is 0.802. The van der Waals surface area contributed by atoms with Gasteiger partial charge < -0.3 is 5.32 Å². The second-order valence-corrected chi connectivity index (χ2v) is 5.42. The Balaban J connectivity index is 1.82. The van der Waals surface area contributed by atoms with E-state index >= 15 is 0 Å². The van der Waals surface area contributed by atoms with Crippen molar-refractivity contribution in [3.8, 4) is 0 Å². The molecule has 0 aliphatic carbocycles. The molecular weight excluding hydrogens is 290 g/mol. The highest BCUT2D eigenvalue weighted by Gasteiger charge is 2.10. The molecule has 116 valence electrons. The lowest BCUT2D eigenvalue weighted by Gasteiger charge is -2.12. The highest BCUT2D eigenvalue weighted by Crippen LogP contribution is 2.12. The monoisotopic (exact) mass is 307 g/mol. The number of fused-ring (bicyclic) bond motifs is 1. The van der Waals surface area contributed by atoms with Crippen molar-refractivity contribution < 1.29 is 4.79 Å². The summed E-state index contributed by atoms with van der Waals surface area (Å²) in [5.74, 6) is -0.202. The minimum absolute atomic E-state index is 0.00128. The van der Waals surface area contributed by atoms with Gasteiger partial charge in [0.05, 0.1) is 5.52 Å². The smallest absolute Gasteiger partial charge is 0.254 e. The van der Waals surface area contributed by atoms with E-state index in [0.717, 1.165) is 16.5 Å². The van der Waals surface area contributed by atoms with E-state index < -0.39 is 0 Å². The summed E-state index contributed by atoms with van der Waals surface area (Å²) >= 11 is 0. The SMILES string of the molecule is Cc1cc2ccccc2n(CC(=O)NCc2cccnc2)c1=O. The molecule has 23 heavy (non-hydrogen) atoms. The Morgan fingerprint density at radius 1 is 1.22 bits per heavy atom. The number of aryl methyl sites for hydroxylation is 1. The molecule has 0 radical (unpaired) electrons. The molecule has 0 bridgehead atoms. The van der Waals surface area contributed by atoms with Gasteiger partial charge in [0, 0.05) is 24.5 Å². The molecule has 0 spiro atoms. The van der Waals surface area contributed by atoms with Gasteiger partial charge in [-0.15, -0.1) is 0 Å². The zero-order chi connectivity index (χ0) is 16.2. The van der Waals surface area contributed by atoms with Gasteiger partial charge >= 0.3 is 0 Å². The Hall–Kier alpha value is -2.95. The molecule has 2 heterocycles. The molecule has 3 aromatic rings. The van der Waals surface area contributed by atoms with Crippen molar-refractivity contribution in [2.24, 2.45) is 0 Å². The van der Waals surface area contributed by atoms with Crippen molar-refractivity contribution in [3.05, 3.63) is 76.3 Å². The molecule has 5 heteroatoms. The van der Waals surface area contributed by atoms with Gasteiger partial charge in [-0.25, -0.2) is 0 Å². The van der Waals surface area contributed by atoms with E-state index in [1.807, 2.05) is 42.5 Å². The number of hydrogen-bond donors (Lipinski definition) is 1. The molecule has 1 aromatic carbocycles. The summed E-state index contributed by atoms with van der Waals surface area (Å²) in [6, 6.07) is 13.1. The molecule has 0 fully saturated rings. The normalized spacial score (nSPS) is 10.7. The molecule has 2 aromatic heterocycles. The molecule has 0 aliphatic heterocycles. The Morgan fingerprint density at radius 2 is 2.04 bits per heavy atom. The summed E-state index contributed by atoms with van der Waals surface area (Å²) in [7, 11) is 0. The van der Waals surface area contributed by atoms with Gasteiger partial charge in [-0.1, -0.05) is 24.3 Å². The number of benzene rings is 1. The van der Waals surface area contributed by atoms with E-state index in [9.17, 15) is 9.59 Å². The highest BCUT2D eigenvalue weighted by molar-refractivity contribution is 5.82. The number of nitrogens with zero attached hydrogens (tertiary/aromatic N) is 2. The highest BCUT2D eigenvalue weighted by atomic mass is 16.2. The number of rotatable bonds is 4. The van der Waals surface area contributed by atoms with Crippen LogP contribution in [0.1, 0.15) is 11.1 Å². The lowest BCUT2D eigenvalue weighted by atomic mass is 10.1. The van der Waals surface area contributed by atoms with Gasteiger partial charge in [0.25, 0.3) is 5.56 Å². The van der Waals surface area contributed by atoms with Crippen molar-refractivity contribution in [1.29, 1.82) is 0 Å². The molecule has 1 N–H and O–H groups in total. The van der Waals surface area contributed by atoms with Gasteiger partial charge in [-0.05, 0) is 36.1 Å². The van der Waals surface area contributed by atoms with Crippen LogP contribution in [-0.2, 0) is 17.9 Å². The maximum absolute atomic E-state index is 12.4. The van der Waals surface area contributed by atoms with E-state index in [1.165, 1.54) is 4.57 Å². The number of nitrogens with one attached hydrogen (secondary N) is 1. The molecule has 0 saturated heterocycles. The summed E-state index contributed by atoms with van der Waals surface area (Å²) < 4.78 is 1.52. The van der Waals surface area contributed by atoms with Gasteiger partial charge in [0.1, 0.15) is 6.54 Å². The van der Waals surface area contributed by atoms with Crippen LogP contribution in [0.15, 0.2) is 59.7 Å². The number of carbonyl (C=O) groups excluding carboxylic acids is 1.